The predicted octanol–water partition coefficient (Wildman–Crippen LogP) is 3.84. The van der Waals surface area contributed by atoms with Crippen LogP contribution in [0.25, 0.3) is 0 Å². The average Bonchev–Trinajstić information content (AvgIpc) is 2.46. The maximum Gasteiger partial charge on any atom is 0.433 e. The van der Waals surface area contributed by atoms with Crippen molar-refractivity contribution < 1.29 is 13.2 Å². The summed E-state index contributed by atoms with van der Waals surface area (Å²) in [5.74, 6) is 0.592. The number of nitrogen functional groups attached to an aromatic ring is 1. The van der Waals surface area contributed by atoms with E-state index in [0.29, 0.717) is 23.3 Å². The zero-order valence-electron chi connectivity index (χ0n) is 11.9. The Balaban J connectivity index is 1.94. The fraction of sp³-hybridized carbons (Fsp3) is 0.667. The normalized spacial score (nSPS) is 26.5. The zero-order chi connectivity index (χ0) is 15.0. The largest absolute Gasteiger partial charge is 0.433 e. The van der Waals surface area contributed by atoms with E-state index >= 15 is 0 Å². The molecule has 6 heteroatoms. The number of fused-ring (bicyclic) bond motifs is 1. The van der Waals surface area contributed by atoms with Crippen molar-refractivity contribution in [2.75, 3.05) is 17.2 Å². The molecule has 116 valence electrons. The van der Waals surface area contributed by atoms with Gasteiger partial charge >= 0.3 is 6.18 Å². The minimum absolute atomic E-state index is 0.332. The van der Waals surface area contributed by atoms with Gasteiger partial charge in [0.05, 0.1) is 17.6 Å². The number of hydrogen-bond donors (Lipinski definition) is 1. The van der Waals surface area contributed by atoms with Crippen molar-refractivity contribution in [3.8, 4) is 0 Å². The van der Waals surface area contributed by atoms with Gasteiger partial charge in [-0.2, -0.15) is 13.2 Å². The first kappa shape index (κ1) is 14.5. The molecule has 3 rings (SSSR count). The van der Waals surface area contributed by atoms with Crippen LogP contribution in [0.4, 0.5) is 24.5 Å². The Morgan fingerprint density at radius 3 is 2.62 bits per heavy atom. The number of anilines is 2. The lowest BCUT2D eigenvalue weighted by Gasteiger charge is -2.45. The van der Waals surface area contributed by atoms with Crippen LogP contribution in [-0.4, -0.2) is 17.6 Å². The molecule has 2 aliphatic rings. The van der Waals surface area contributed by atoms with Gasteiger partial charge in [-0.1, -0.05) is 12.8 Å². The maximum atomic E-state index is 12.9. The molecule has 1 aromatic heterocycles. The average molecular weight is 299 g/mol. The van der Waals surface area contributed by atoms with Gasteiger partial charge in [-0.3, -0.25) is 0 Å². The second kappa shape index (κ2) is 5.39. The van der Waals surface area contributed by atoms with Crippen molar-refractivity contribution in [2.45, 2.75) is 50.7 Å². The van der Waals surface area contributed by atoms with E-state index in [0.717, 1.165) is 38.1 Å². The second-order valence-corrected chi connectivity index (χ2v) is 6.07. The van der Waals surface area contributed by atoms with Gasteiger partial charge < -0.3 is 10.6 Å². The summed E-state index contributed by atoms with van der Waals surface area (Å²) in [7, 11) is 0. The second-order valence-electron chi connectivity index (χ2n) is 6.07. The Hall–Kier alpha value is -1.46. The topological polar surface area (TPSA) is 42.1 Å². The lowest BCUT2D eigenvalue weighted by Crippen LogP contribution is -2.47. The highest BCUT2D eigenvalue weighted by Gasteiger charge is 2.37. The highest BCUT2D eigenvalue weighted by Crippen LogP contribution is 2.40. The first-order valence-corrected chi connectivity index (χ1v) is 7.56. The van der Waals surface area contributed by atoms with Crippen molar-refractivity contribution in [3.05, 3.63) is 18.0 Å². The molecular formula is C15H20F3N3. The van der Waals surface area contributed by atoms with Gasteiger partial charge in [0.15, 0.2) is 0 Å². The Kier molecular flexibility index (Phi) is 3.71. The van der Waals surface area contributed by atoms with Crippen molar-refractivity contribution in [1.29, 1.82) is 0 Å². The van der Waals surface area contributed by atoms with E-state index in [9.17, 15) is 13.2 Å². The standard InChI is InChI=1S/C15H20F3N3/c16-15(17,18)14-8-13(11(19)9-20-14)21-7-3-5-10-4-1-2-6-12(10)21/h8-10,12H,1-7,19H2/t10-,12-/m1/s1. The number of piperidine rings is 1. The Morgan fingerprint density at radius 1 is 1.14 bits per heavy atom. The molecule has 0 spiro atoms. The van der Waals surface area contributed by atoms with Gasteiger partial charge in [-0.15, -0.1) is 0 Å². The fourth-order valence-electron chi connectivity index (χ4n) is 3.78. The molecule has 0 radical (unpaired) electrons. The van der Waals surface area contributed by atoms with Crippen LogP contribution in [0, 0.1) is 5.92 Å². The van der Waals surface area contributed by atoms with E-state index in [-0.39, 0.29) is 0 Å². The molecule has 1 saturated heterocycles. The maximum absolute atomic E-state index is 12.9. The SMILES string of the molecule is Nc1cnc(C(F)(F)F)cc1N1CCC[C@H]2CCCC[C@H]21. The van der Waals surface area contributed by atoms with E-state index in [4.69, 9.17) is 5.73 Å². The summed E-state index contributed by atoms with van der Waals surface area (Å²) < 4.78 is 38.6. The third kappa shape index (κ3) is 2.80. The molecule has 3 nitrogen and oxygen atoms in total. The van der Waals surface area contributed by atoms with Gasteiger partial charge in [-0.25, -0.2) is 4.98 Å². The first-order chi connectivity index (χ1) is 9.97. The molecule has 21 heavy (non-hydrogen) atoms. The molecule has 2 N–H and O–H groups in total. The van der Waals surface area contributed by atoms with Crippen molar-refractivity contribution >= 4 is 11.4 Å². The Labute approximate surface area is 122 Å². The number of aromatic nitrogens is 1. The smallest absolute Gasteiger partial charge is 0.396 e. The van der Waals surface area contributed by atoms with Crippen LogP contribution in [0.5, 0.6) is 0 Å². The Bertz CT molecular complexity index is 513. The van der Waals surface area contributed by atoms with Crippen LogP contribution in [0.3, 0.4) is 0 Å². The molecular weight excluding hydrogens is 279 g/mol. The first-order valence-electron chi connectivity index (χ1n) is 7.56. The van der Waals surface area contributed by atoms with Crippen molar-refractivity contribution in [3.63, 3.8) is 0 Å². The third-order valence-electron chi connectivity index (χ3n) is 4.76. The number of pyridine rings is 1. The summed E-state index contributed by atoms with van der Waals surface area (Å²) in [4.78, 5) is 5.53. The summed E-state index contributed by atoms with van der Waals surface area (Å²) in [5, 5.41) is 0. The summed E-state index contributed by atoms with van der Waals surface area (Å²) in [6, 6.07) is 1.45. The van der Waals surface area contributed by atoms with E-state index in [1.54, 1.807) is 0 Å². The molecule has 2 atom stereocenters. The number of hydrogen-bond acceptors (Lipinski definition) is 3. The number of nitrogens with two attached hydrogens (primary N) is 1. The molecule has 0 amide bonds. The summed E-state index contributed by atoms with van der Waals surface area (Å²) >= 11 is 0. The quantitative estimate of drug-likeness (QED) is 0.856. The number of halogens is 3. The molecule has 1 aromatic rings. The minimum atomic E-state index is -4.43. The molecule has 1 aliphatic heterocycles. The zero-order valence-corrected chi connectivity index (χ0v) is 11.9. The van der Waals surface area contributed by atoms with Crippen LogP contribution < -0.4 is 10.6 Å². The molecule has 0 unspecified atom stereocenters. The lowest BCUT2D eigenvalue weighted by molar-refractivity contribution is -0.141. The van der Waals surface area contributed by atoms with Crippen LogP contribution >= 0.6 is 0 Å². The predicted molar refractivity (Wildman–Crippen MR) is 76.0 cm³/mol. The molecule has 0 bridgehead atoms. The van der Waals surface area contributed by atoms with E-state index < -0.39 is 11.9 Å². The van der Waals surface area contributed by atoms with Crippen LogP contribution in [-0.2, 0) is 6.18 Å². The number of rotatable bonds is 1. The summed E-state index contributed by atoms with van der Waals surface area (Å²) in [5.41, 5.74) is 5.91. The fourth-order valence-corrected chi connectivity index (χ4v) is 3.78. The molecule has 1 saturated carbocycles. The van der Waals surface area contributed by atoms with E-state index in [1.165, 1.54) is 19.3 Å². The molecule has 1 aliphatic carbocycles. The number of alkyl halides is 3. The Morgan fingerprint density at radius 2 is 1.86 bits per heavy atom. The molecule has 2 fully saturated rings. The highest BCUT2D eigenvalue weighted by atomic mass is 19.4. The minimum Gasteiger partial charge on any atom is -0.396 e. The van der Waals surface area contributed by atoms with Gasteiger partial charge in [0, 0.05) is 12.6 Å². The molecule has 2 heterocycles. The van der Waals surface area contributed by atoms with Crippen LogP contribution in [0.1, 0.15) is 44.2 Å². The van der Waals surface area contributed by atoms with E-state index in [2.05, 4.69) is 9.88 Å². The van der Waals surface area contributed by atoms with E-state index in [1.807, 2.05) is 0 Å². The van der Waals surface area contributed by atoms with Crippen LogP contribution in [0.2, 0.25) is 0 Å². The highest BCUT2D eigenvalue weighted by molar-refractivity contribution is 5.68. The van der Waals surface area contributed by atoms with Crippen LogP contribution in [0.15, 0.2) is 12.3 Å². The third-order valence-corrected chi connectivity index (χ3v) is 4.76. The lowest BCUT2D eigenvalue weighted by atomic mass is 9.78. The van der Waals surface area contributed by atoms with Gasteiger partial charge in [0.2, 0.25) is 0 Å². The van der Waals surface area contributed by atoms with Gasteiger partial charge in [0.25, 0.3) is 0 Å². The summed E-state index contributed by atoms with van der Waals surface area (Å²) in [6.45, 7) is 0.784. The molecule has 0 aromatic carbocycles. The van der Waals surface area contributed by atoms with Crippen molar-refractivity contribution in [1.82, 2.24) is 4.98 Å². The van der Waals surface area contributed by atoms with Gasteiger partial charge in [0.1, 0.15) is 5.69 Å². The van der Waals surface area contributed by atoms with Crippen molar-refractivity contribution in [2.24, 2.45) is 5.92 Å². The van der Waals surface area contributed by atoms with Gasteiger partial charge in [-0.05, 0) is 37.7 Å². The monoisotopic (exact) mass is 299 g/mol. The number of nitrogens with zero attached hydrogens (tertiary/aromatic N) is 2. The summed E-state index contributed by atoms with van der Waals surface area (Å²) in [6.07, 6.45) is 3.52.